The highest BCUT2D eigenvalue weighted by molar-refractivity contribution is 8.11. The van der Waals surface area contributed by atoms with E-state index in [1.165, 1.54) is 0 Å². The van der Waals surface area contributed by atoms with Crippen LogP contribution in [0.1, 0.15) is 10.6 Å². The van der Waals surface area contributed by atoms with E-state index in [-0.39, 0.29) is 0 Å². The lowest BCUT2D eigenvalue weighted by molar-refractivity contribution is 0.415. The molecule has 1 aliphatic heterocycles. The zero-order valence-electron chi connectivity index (χ0n) is 30.7. The highest BCUT2D eigenvalue weighted by Crippen LogP contribution is 2.53. The lowest BCUT2D eigenvalue weighted by Gasteiger charge is -2.18. The van der Waals surface area contributed by atoms with Gasteiger partial charge in [0.05, 0.1) is 44.5 Å². The molecule has 0 atom stereocenters. The third-order valence-electron chi connectivity index (χ3n) is 9.34. The van der Waals surface area contributed by atoms with Gasteiger partial charge in [-0.05, 0) is 71.8 Å². The van der Waals surface area contributed by atoms with E-state index in [2.05, 4.69) is 45.4 Å². The van der Waals surface area contributed by atoms with E-state index in [0.717, 1.165) is 97.0 Å². The Kier molecular flexibility index (Phi) is 10.6. The first kappa shape index (κ1) is 38.0. The summed E-state index contributed by atoms with van der Waals surface area (Å²) >= 11 is 21.1. The Morgan fingerprint density at radius 2 is 1.31 bits per heavy atom. The minimum atomic E-state index is 0.630. The van der Waals surface area contributed by atoms with Crippen LogP contribution in [-0.4, -0.2) is 32.0 Å². The van der Waals surface area contributed by atoms with Crippen LogP contribution >= 0.6 is 80.3 Å². The Labute approximate surface area is 370 Å². The molecular formula is C45H27Cl2N6OS5. The second kappa shape index (κ2) is 16.5. The summed E-state index contributed by atoms with van der Waals surface area (Å²) in [5.74, 6) is 2.90. The van der Waals surface area contributed by atoms with Gasteiger partial charge in [0.25, 0.3) is 0 Å². The Bertz CT molecular complexity index is 2960. The molecule has 287 valence electrons. The molecule has 59 heavy (non-hydrogen) atoms. The van der Waals surface area contributed by atoms with Crippen molar-refractivity contribution in [2.45, 2.75) is 0 Å². The van der Waals surface area contributed by atoms with Crippen LogP contribution in [0, 0.1) is 5.88 Å². The molecule has 0 unspecified atom stereocenters. The average molecular weight is 899 g/mol. The number of halogens is 2. The summed E-state index contributed by atoms with van der Waals surface area (Å²) in [6.07, 6.45) is 1.79. The van der Waals surface area contributed by atoms with E-state index in [4.69, 9.17) is 47.9 Å². The number of hydrogen-bond donors (Lipinski definition) is 0. The molecule has 6 heterocycles. The Hall–Kier alpha value is -5.18. The maximum atomic E-state index is 6.64. The summed E-state index contributed by atoms with van der Waals surface area (Å²) < 4.78 is 5.38. The van der Waals surface area contributed by atoms with Crippen molar-refractivity contribution in [3.8, 4) is 70.7 Å². The van der Waals surface area contributed by atoms with Crippen molar-refractivity contribution in [1.29, 1.82) is 0 Å². The topological polar surface area (TPSA) is 76.9 Å². The molecule has 7 nitrogen and oxygen atoms in total. The van der Waals surface area contributed by atoms with Crippen LogP contribution in [0.15, 0.2) is 138 Å². The fourth-order valence-corrected chi connectivity index (χ4v) is 11.9. The fourth-order valence-electron chi connectivity index (χ4n) is 6.52. The molecule has 0 saturated carbocycles. The summed E-state index contributed by atoms with van der Waals surface area (Å²) in [7, 11) is 1.67. The molecule has 0 amide bonds. The van der Waals surface area contributed by atoms with Crippen molar-refractivity contribution in [3.05, 3.63) is 165 Å². The summed E-state index contributed by atoms with van der Waals surface area (Å²) in [5.41, 5.74) is 9.09. The number of pyridine rings is 1. The van der Waals surface area contributed by atoms with Gasteiger partial charge in [-0.25, -0.2) is 19.9 Å². The molecular weight excluding hydrogens is 872 g/mol. The number of anilines is 1. The first-order valence-electron chi connectivity index (χ1n) is 18.1. The van der Waals surface area contributed by atoms with Gasteiger partial charge < -0.3 is 9.64 Å². The monoisotopic (exact) mass is 897 g/mol. The van der Waals surface area contributed by atoms with Gasteiger partial charge in [0.2, 0.25) is 0 Å². The van der Waals surface area contributed by atoms with Gasteiger partial charge in [-0.2, -0.15) is 0 Å². The Balaban J connectivity index is 1.13. The lowest BCUT2D eigenvalue weighted by atomic mass is 10.1. The van der Waals surface area contributed by atoms with Gasteiger partial charge in [-0.1, -0.05) is 95.6 Å². The van der Waals surface area contributed by atoms with Gasteiger partial charge in [-0.3, -0.25) is 4.98 Å². The molecule has 0 N–H and O–H groups in total. The standard InChI is InChI=1S/C45H27Cl2N6OS5/c1-54-32-19-15-26(16-20-32)34-23-56-45(50-34)53-25-57-41(38(53)27-13-17-30(46)18-14-27)44-51-36(29-10-7-11-31(47)22-29)40(59-44)43-52-37(39(58-43)28-8-3-2-4-9-28)42-49-35(24-55-42)33-12-5-6-21-48-33/h2-25H,1H3. The van der Waals surface area contributed by atoms with Gasteiger partial charge in [0, 0.05) is 38.1 Å². The maximum absolute atomic E-state index is 6.64. The minimum Gasteiger partial charge on any atom is -0.497 e. The number of thiazole rings is 4. The first-order chi connectivity index (χ1) is 29.0. The lowest BCUT2D eigenvalue weighted by Crippen LogP contribution is -2.13. The van der Waals surface area contributed by atoms with Gasteiger partial charge in [0.1, 0.15) is 38.0 Å². The fraction of sp³-hybridized carbons (Fsp3) is 0.0222. The molecule has 5 aromatic heterocycles. The van der Waals surface area contributed by atoms with E-state index in [1.807, 2.05) is 102 Å². The number of nitrogens with zero attached hydrogens (tertiary/aromatic N) is 6. The quantitative estimate of drug-likeness (QED) is 0.134. The Morgan fingerprint density at radius 3 is 2.08 bits per heavy atom. The maximum Gasteiger partial charge on any atom is 0.191 e. The van der Waals surface area contributed by atoms with E-state index >= 15 is 0 Å². The van der Waals surface area contributed by atoms with Crippen LogP contribution in [0.25, 0.3) is 75.5 Å². The van der Waals surface area contributed by atoms with Crippen molar-refractivity contribution < 1.29 is 4.74 Å². The zero-order chi connectivity index (χ0) is 39.9. The third-order valence-corrected chi connectivity index (χ3v) is 14.9. The van der Waals surface area contributed by atoms with Gasteiger partial charge in [-0.15, -0.1) is 45.3 Å². The second-order valence-electron chi connectivity index (χ2n) is 13.0. The van der Waals surface area contributed by atoms with E-state index < -0.39 is 0 Å². The van der Waals surface area contributed by atoms with Crippen LogP contribution in [0.4, 0.5) is 5.13 Å². The minimum absolute atomic E-state index is 0.630. The van der Waals surface area contributed by atoms with Crippen molar-refractivity contribution in [2.24, 2.45) is 0 Å². The number of hydrogen-bond acceptors (Lipinski definition) is 12. The number of aromatic nitrogens is 5. The molecule has 9 aromatic rings. The molecule has 0 spiro atoms. The van der Waals surface area contributed by atoms with Crippen LogP contribution in [0.2, 0.25) is 10.0 Å². The highest BCUT2D eigenvalue weighted by atomic mass is 35.5. The van der Waals surface area contributed by atoms with Crippen molar-refractivity contribution in [3.63, 3.8) is 0 Å². The third kappa shape index (κ3) is 7.62. The van der Waals surface area contributed by atoms with Crippen molar-refractivity contribution in [2.75, 3.05) is 12.0 Å². The number of benzene rings is 4. The molecule has 4 aromatic carbocycles. The van der Waals surface area contributed by atoms with Crippen molar-refractivity contribution in [1.82, 2.24) is 24.9 Å². The zero-order valence-corrected chi connectivity index (χ0v) is 36.3. The van der Waals surface area contributed by atoms with E-state index in [0.29, 0.717) is 10.0 Å². The molecule has 0 saturated heterocycles. The molecule has 1 aliphatic rings. The number of ether oxygens (including phenoxy) is 1. The van der Waals surface area contributed by atoms with Crippen LogP contribution in [0.5, 0.6) is 5.75 Å². The van der Waals surface area contributed by atoms with E-state index in [1.54, 1.807) is 70.4 Å². The number of rotatable bonds is 10. The van der Waals surface area contributed by atoms with Crippen LogP contribution < -0.4 is 9.64 Å². The second-order valence-corrected chi connectivity index (χ2v) is 18.5. The number of methoxy groups -OCH3 is 1. The normalized spacial score (nSPS) is 12.8. The van der Waals surface area contributed by atoms with Crippen molar-refractivity contribution >= 4 is 96.0 Å². The molecule has 14 heteroatoms. The SMILES string of the molecule is COc1ccc(-c2csc(N3[CH]SC(c4nc(-c5cccc(Cl)c5)c(-c5nc(-c6nc(-c7ccccn7)cs6)c(-c6ccccc6)s5)s4)=C3c3ccc(Cl)cc3)n2)cc1. The number of thioether (sulfide) groups is 1. The van der Waals surface area contributed by atoms with Crippen LogP contribution in [0.3, 0.4) is 0 Å². The van der Waals surface area contributed by atoms with Gasteiger partial charge in [0.15, 0.2) is 5.13 Å². The summed E-state index contributed by atoms with van der Waals surface area (Å²) in [5, 5.41) is 8.76. The average Bonchev–Trinajstić information content (AvgIpc) is 4.14. The summed E-state index contributed by atoms with van der Waals surface area (Å²) in [6, 6.07) is 39.9. The largest absolute Gasteiger partial charge is 0.497 e. The first-order valence-corrected chi connectivity index (χ1v) is 23.1. The predicted octanol–water partition coefficient (Wildman–Crippen LogP) is 14.4. The summed E-state index contributed by atoms with van der Waals surface area (Å²) in [4.78, 5) is 30.6. The predicted molar refractivity (Wildman–Crippen MR) is 250 cm³/mol. The van der Waals surface area contributed by atoms with E-state index in [9.17, 15) is 0 Å². The molecule has 1 radical (unpaired) electrons. The molecule has 0 bridgehead atoms. The molecule has 10 rings (SSSR count). The molecule has 0 aliphatic carbocycles. The van der Waals surface area contributed by atoms with Gasteiger partial charge >= 0.3 is 0 Å². The van der Waals surface area contributed by atoms with Crippen LogP contribution in [-0.2, 0) is 0 Å². The Morgan fingerprint density at radius 1 is 0.559 bits per heavy atom. The molecule has 0 fully saturated rings. The summed E-state index contributed by atoms with van der Waals surface area (Å²) in [6.45, 7) is 0. The highest BCUT2D eigenvalue weighted by Gasteiger charge is 2.33. The smallest absolute Gasteiger partial charge is 0.191 e.